The second-order valence-electron chi connectivity index (χ2n) is 5.39. The summed E-state index contributed by atoms with van der Waals surface area (Å²) in [7, 11) is 0. The van der Waals surface area contributed by atoms with Crippen LogP contribution in [0.25, 0.3) is 0 Å². The first-order valence-electron chi connectivity index (χ1n) is 7.14. The number of hydrogen-bond acceptors (Lipinski definition) is 6. The van der Waals surface area contributed by atoms with Crippen LogP contribution in [-0.4, -0.2) is 35.1 Å². The van der Waals surface area contributed by atoms with E-state index in [-0.39, 0.29) is 11.8 Å². The van der Waals surface area contributed by atoms with Crippen molar-refractivity contribution in [3.63, 3.8) is 0 Å². The molecule has 0 bridgehead atoms. The lowest BCUT2D eigenvalue weighted by molar-refractivity contribution is -0.384. The van der Waals surface area contributed by atoms with Gasteiger partial charge in [0.25, 0.3) is 5.69 Å². The Hall–Kier alpha value is -1.70. The highest BCUT2D eigenvalue weighted by Gasteiger charge is 2.26. The quantitative estimate of drug-likeness (QED) is 0.489. The molecule has 2 atom stereocenters. The molecule has 2 unspecified atom stereocenters. The zero-order chi connectivity index (χ0) is 15.4. The van der Waals surface area contributed by atoms with E-state index in [1.54, 1.807) is 12.1 Å². The summed E-state index contributed by atoms with van der Waals surface area (Å²) in [5.41, 5.74) is 3.60. The molecule has 7 nitrogen and oxygen atoms in total. The first-order chi connectivity index (χ1) is 10.0. The summed E-state index contributed by atoms with van der Waals surface area (Å²) < 4.78 is 5.67. The molecule has 0 saturated carbocycles. The molecule has 0 aliphatic carbocycles. The van der Waals surface area contributed by atoms with E-state index >= 15 is 0 Å². The highest BCUT2D eigenvalue weighted by atomic mass is 16.6. The Morgan fingerprint density at radius 3 is 2.95 bits per heavy atom. The van der Waals surface area contributed by atoms with Crippen LogP contribution in [0.2, 0.25) is 0 Å². The van der Waals surface area contributed by atoms with Crippen LogP contribution in [0.1, 0.15) is 25.8 Å². The van der Waals surface area contributed by atoms with Gasteiger partial charge in [0, 0.05) is 25.2 Å². The monoisotopic (exact) mass is 294 g/mol. The zero-order valence-corrected chi connectivity index (χ0v) is 12.4. The number of nitrogens with zero attached hydrogens (tertiary/aromatic N) is 2. The van der Waals surface area contributed by atoms with E-state index in [1.807, 2.05) is 13.0 Å². The lowest BCUT2D eigenvalue weighted by Crippen LogP contribution is -2.47. The maximum absolute atomic E-state index is 11.1. The molecule has 116 valence electrons. The van der Waals surface area contributed by atoms with E-state index in [0.717, 1.165) is 18.5 Å². The number of rotatable bonds is 5. The van der Waals surface area contributed by atoms with Crippen molar-refractivity contribution < 1.29 is 9.66 Å². The molecule has 21 heavy (non-hydrogen) atoms. The Morgan fingerprint density at radius 2 is 2.33 bits per heavy atom. The van der Waals surface area contributed by atoms with Gasteiger partial charge in [0.1, 0.15) is 5.69 Å². The topological polar surface area (TPSA) is 93.7 Å². The van der Waals surface area contributed by atoms with Crippen LogP contribution in [0.3, 0.4) is 0 Å². The summed E-state index contributed by atoms with van der Waals surface area (Å²) in [6.07, 6.45) is 1.19. The second kappa shape index (κ2) is 6.84. The van der Waals surface area contributed by atoms with Crippen molar-refractivity contribution in [3.8, 4) is 0 Å². The van der Waals surface area contributed by atoms with Crippen molar-refractivity contribution >= 4 is 11.4 Å². The van der Waals surface area contributed by atoms with E-state index in [2.05, 4.69) is 17.2 Å². The predicted octanol–water partition coefficient (Wildman–Crippen LogP) is 1.88. The van der Waals surface area contributed by atoms with Gasteiger partial charge in [-0.2, -0.15) is 0 Å². The van der Waals surface area contributed by atoms with Crippen molar-refractivity contribution in [3.05, 3.63) is 33.9 Å². The van der Waals surface area contributed by atoms with Crippen molar-refractivity contribution in [1.29, 1.82) is 0 Å². The van der Waals surface area contributed by atoms with Gasteiger partial charge in [-0.3, -0.25) is 20.9 Å². The molecule has 0 radical (unpaired) electrons. The first kappa shape index (κ1) is 15.7. The van der Waals surface area contributed by atoms with Gasteiger partial charge in [-0.05, 0) is 25.0 Å². The predicted molar refractivity (Wildman–Crippen MR) is 80.8 cm³/mol. The normalized spacial score (nSPS) is 23.0. The SMILES string of the molecule is CCC1COC(C)CN1Cc1ccc(NN)c([N+](=O)[O-])c1. The number of hydrazine groups is 1. The molecule has 1 saturated heterocycles. The third-order valence-corrected chi connectivity index (χ3v) is 3.85. The number of ether oxygens (including phenoxy) is 1. The summed E-state index contributed by atoms with van der Waals surface area (Å²) >= 11 is 0. The third-order valence-electron chi connectivity index (χ3n) is 3.85. The minimum atomic E-state index is -0.419. The average Bonchev–Trinajstić information content (AvgIpc) is 2.47. The van der Waals surface area contributed by atoms with Gasteiger partial charge in [-0.1, -0.05) is 13.0 Å². The van der Waals surface area contributed by atoms with E-state index in [1.165, 1.54) is 0 Å². The van der Waals surface area contributed by atoms with E-state index in [9.17, 15) is 10.1 Å². The van der Waals surface area contributed by atoms with Crippen LogP contribution < -0.4 is 11.3 Å². The van der Waals surface area contributed by atoms with Crippen LogP contribution in [0, 0.1) is 10.1 Å². The van der Waals surface area contributed by atoms with Crippen LogP contribution in [0.5, 0.6) is 0 Å². The minimum absolute atomic E-state index is 0.00403. The molecule has 1 aromatic carbocycles. The molecule has 0 aromatic heterocycles. The van der Waals surface area contributed by atoms with Crippen molar-refractivity contribution in [1.82, 2.24) is 4.90 Å². The minimum Gasteiger partial charge on any atom is -0.376 e. The molecule has 1 aromatic rings. The standard InChI is InChI=1S/C14H22N4O3/c1-3-12-9-21-10(2)7-17(12)8-11-4-5-13(16-15)14(6-11)18(19)20/h4-6,10,12,16H,3,7-9,15H2,1-2H3. The Balaban J connectivity index is 2.18. The molecule has 7 heteroatoms. The molecule has 0 spiro atoms. The maximum Gasteiger partial charge on any atom is 0.293 e. The van der Waals surface area contributed by atoms with Crippen molar-refractivity contribution in [2.75, 3.05) is 18.6 Å². The average molecular weight is 294 g/mol. The molecule has 1 fully saturated rings. The fourth-order valence-corrected chi connectivity index (χ4v) is 2.67. The van der Waals surface area contributed by atoms with Crippen LogP contribution in [0.4, 0.5) is 11.4 Å². The van der Waals surface area contributed by atoms with Crippen molar-refractivity contribution in [2.45, 2.75) is 39.0 Å². The number of anilines is 1. The smallest absolute Gasteiger partial charge is 0.293 e. The Bertz CT molecular complexity index is 509. The Labute approximate surface area is 124 Å². The lowest BCUT2D eigenvalue weighted by Gasteiger charge is -2.38. The van der Waals surface area contributed by atoms with E-state index in [4.69, 9.17) is 10.6 Å². The van der Waals surface area contributed by atoms with Gasteiger partial charge in [0.15, 0.2) is 0 Å². The number of nitrogens with two attached hydrogens (primary N) is 1. The summed E-state index contributed by atoms with van der Waals surface area (Å²) in [5, 5.41) is 11.1. The number of morpholine rings is 1. The van der Waals surface area contributed by atoms with Gasteiger partial charge in [-0.15, -0.1) is 0 Å². The van der Waals surface area contributed by atoms with Gasteiger partial charge >= 0.3 is 0 Å². The molecule has 3 N–H and O–H groups in total. The van der Waals surface area contributed by atoms with Crippen molar-refractivity contribution in [2.24, 2.45) is 5.84 Å². The van der Waals surface area contributed by atoms with Crippen LogP contribution in [0.15, 0.2) is 18.2 Å². The lowest BCUT2D eigenvalue weighted by atomic mass is 10.1. The molecule has 1 heterocycles. The van der Waals surface area contributed by atoms with Gasteiger partial charge in [-0.25, -0.2) is 0 Å². The number of benzene rings is 1. The highest BCUT2D eigenvalue weighted by Crippen LogP contribution is 2.26. The Morgan fingerprint density at radius 1 is 1.57 bits per heavy atom. The van der Waals surface area contributed by atoms with E-state index in [0.29, 0.717) is 24.9 Å². The summed E-state index contributed by atoms with van der Waals surface area (Å²) in [4.78, 5) is 13.0. The Kier molecular flexibility index (Phi) is 5.11. The fourth-order valence-electron chi connectivity index (χ4n) is 2.67. The van der Waals surface area contributed by atoms with Gasteiger partial charge in [0.2, 0.25) is 0 Å². The molecular formula is C14H22N4O3. The second-order valence-corrected chi connectivity index (χ2v) is 5.39. The zero-order valence-electron chi connectivity index (χ0n) is 12.4. The number of nitrogen functional groups attached to an aromatic ring is 1. The number of hydrogen-bond donors (Lipinski definition) is 2. The summed E-state index contributed by atoms with van der Waals surface area (Å²) in [6, 6.07) is 5.46. The third kappa shape index (κ3) is 3.69. The maximum atomic E-state index is 11.1. The molecule has 0 amide bonds. The van der Waals surface area contributed by atoms with E-state index < -0.39 is 4.92 Å². The first-order valence-corrected chi connectivity index (χ1v) is 7.14. The number of nitro benzene ring substituents is 1. The summed E-state index contributed by atoms with van der Waals surface area (Å²) in [6.45, 7) is 6.40. The molecular weight excluding hydrogens is 272 g/mol. The summed E-state index contributed by atoms with van der Waals surface area (Å²) in [5.74, 6) is 5.30. The molecule has 2 rings (SSSR count). The number of nitrogens with one attached hydrogen (secondary N) is 1. The fraction of sp³-hybridized carbons (Fsp3) is 0.571. The highest BCUT2D eigenvalue weighted by molar-refractivity contribution is 5.61. The van der Waals surface area contributed by atoms with Gasteiger partial charge in [0.05, 0.1) is 17.6 Å². The van der Waals surface area contributed by atoms with Crippen LogP contribution in [-0.2, 0) is 11.3 Å². The largest absolute Gasteiger partial charge is 0.376 e. The molecule has 1 aliphatic heterocycles. The van der Waals surface area contributed by atoms with Gasteiger partial charge < -0.3 is 10.2 Å². The number of nitro groups is 1. The van der Waals surface area contributed by atoms with Crippen LogP contribution >= 0.6 is 0 Å². The molecule has 1 aliphatic rings.